The predicted molar refractivity (Wildman–Crippen MR) is 84.4 cm³/mol. The summed E-state index contributed by atoms with van der Waals surface area (Å²) in [5, 5.41) is 28.2. The molecule has 8 nitrogen and oxygen atoms in total. The Morgan fingerprint density at radius 2 is 1.64 bits per heavy atom. The van der Waals surface area contributed by atoms with Gasteiger partial charge in [0.05, 0.1) is 24.5 Å². The molecule has 1 aliphatic rings. The first-order valence-electron chi connectivity index (χ1n) is 8.07. The Hall–Kier alpha value is -2.66. The number of ether oxygens (including phenoxy) is 2. The summed E-state index contributed by atoms with van der Waals surface area (Å²) in [6, 6.07) is 7.32. The maximum Gasteiger partial charge on any atom is 0.420 e. The van der Waals surface area contributed by atoms with Crippen LogP contribution in [0.2, 0.25) is 0 Å². The molecule has 0 spiro atoms. The third-order valence-corrected chi connectivity index (χ3v) is 4.44. The van der Waals surface area contributed by atoms with Crippen LogP contribution in [0.15, 0.2) is 30.3 Å². The molecule has 0 amide bonds. The van der Waals surface area contributed by atoms with Gasteiger partial charge in [-0.3, -0.25) is 9.59 Å². The first-order chi connectivity index (χ1) is 13.0. The molecule has 0 saturated carbocycles. The molecule has 28 heavy (non-hydrogen) atoms. The lowest BCUT2D eigenvalue weighted by Crippen LogP contribution is -2.58. The van der Waals surface area contributed by atoms with E-state index in [4.69, 9.17) is 19.7 Å². The van der Waals surface area contributed by atoms with Crippen LogP contribution in [0.1, 0.15) is 23.2 Å². The summed E-state index contributed by atoms with van der Waals surface area (Å²) in [5.41, 5.74) is -3.66. The number of carboxylic acids is 2. The van der Waals surface area contributed by atoms with Gasteiger partial charge in [-0.1, -0.05) is 18.2 Å². The Bertz CT molecular complexity index is 736. The second-order valence-corrected chi connectivity index (χ2v) is 6.25. The third-order valence-electron chi connectivity index (χ3n) is 4.44. The number of carboxylic acid groups (broad SMARTS) is 2. The number of hydrogen-bond donors (Lipinski definition) is 3. The Balaban J connectivity index is 2.28. The van der Waals surface area contributed by atoms with E-state index in [2.05, 4.69) is 0 Å². The number of aliphatic hydroxyl groups is 1. The SMILES string of the molecule is O=C(O)CC1O[C@H](COC(=O)c2ccccc2)[C@@](O)(C(F)(F)F)[C@@H]1CC(=O)O. The molecule has 1 aromatic rings. The summed E-state index contributed by atoms with van der Waals surface area (Å²) in [6.07, 6.45) is -11.4. The summed E-state index contributed by atoms with van der Waals surface area (Å²) in [5.74, 6) is -6.29. The number of carbonyl (C=O) groups is 3. The Kier molecular flexibility index (Phi) is 6.30. The fourth-order valence-electron chi connectivity index (χ4n) is 3.14. The quantitative estimate of drug-likeness (QED) is 0.581. The molecule has 3 N–H and O–H groups in total. The van der Waals surface area contributed by atoms with Gasteiger partial charge >= 0.3 is 24.1 Å². The van der Waals surface area contributed by atoms with Gasteiger partial charge in [-0.25, -0.2) is 4.79 Å². The maximum atomic E-state index is 13.6. The number of hydrogen-bond acceptors (Lipinski definition) is 6. The second kappa shape index (κ2) is 8.15. The van der Waals surface area contributed by atoms with Crippen molar-refractivity contribution in [2.75, 3.05) is 6.61 Å². The summed E-state index contributed by atoms with van der Waals surface area (Å²) in [7, 11) is 0. The number of rotatable bonds is 7. The molecule has 1 heterocycles. The lowest BCUT2D eigenvalue weighted by atomic mass is 9.79. The third kappa shape index (κ3) is 4.42. The predicted octanol–water partition coefficient (Wildman–Crippen LogP) is 1.47. The number of halogens is 3. The van der Waals surface area contributed by atoms with Crippen LogP contribution >= 0.6 is 0 Å². The minimum atomic E-state index is -5.36. The van der Waals surface area contributed by atoms with Crippen molar-refractivity contribution in [3.63, 3.8) is 0 Å². The Labute approximate surface area is 156 Å². The number of carbonyl (C=O) groups excluding carboxylic acids is 1. The van der Waals surface area contributed by atoms with Crippen molar-refractivity contribution < 1.29 is 52.3 Å². The molecular weight excluding hydrogens is 389 g/mol. The smallest absolute Gasteiger partial charge is 0.420 e. The molecule has 1 aromatic carbocycles. The van der Waals surface area contributed by atoms with E-state index in [9.17, 15) is 32.7 Å². The van der Waals surface area contributed by atoms with E-state index >= 15 is 0 Å². The molecule has 0 aliphatic carbocycles. The largest absolute Gasteiger partial charge is 0.481 e. The molecule has 0 radical (unpaired) electrons. The summed E-state index contributed by atoms with van der Waals surface area (Å²) >= 11 is 0. The van der Waals surface area contributed by atoms with Crippen molar-refractivity contribution in [3.05, 3.63) is 35.9 Å². The van der Waals surface area contributed by atoms with E-state index in [-0.39, 0.29) is 5.56 Å². The highest BCUT2D eigenvalue weighted by Gasteiger charge is 2.70. The van der Waals surface area contributed by atoms with Crippen LogP contribution in [0.5, 0.6) is 0 Å². The molecule has 11 heteroatoms. The highest BCUT2D eigenvalue weighted by Crippen LogP contribution is 2.49. The maximum absolute atomic E-state index is 13.6. The van der Waals surface area contributed by atoms with Crippen LogP contribution in [0, 0.1) is 5.92 Å². The van der Waals surface area contributed by atoms with E-state index < -0.39 is 67.3 Å². The minimum Gasteiger partial charge on any atom is -0.481 e. The van der Waals surface area contributed by atoms with E-state index in [0.29, 0.717) is 0 Å². The highest BCUT2D eigenvalue weighted by atomic mass is 19.4. The number of esters is 1. The molecule has 1 saturated heterocycles. The van der Waals surface area contributed by atoms with Crippen LogP contribution in [-0.2, 0) is 19.1 Å². The average Bonchev–Trinajstić information content (AvgIpc) is 2.85. The summed E-state index contributed by atoms with van der Waals surface area (Å²) < 4.78 is 50.7. The number of aliphatic carboxylic acids is 2. The second-order valence-electron chi connectivity index (χ2n) is 6.25. The summed E-state index contributed by atoms with van der Waals surface area (Å²) in [4.78, 5) is 33.9. The van der Waals surface area contributed by atoms with Gasteiger partial charge in [0.25, 0.3) is 0 Å². The van der Waals surface area contributed by atoms with E-state index in [1.807, 2.05) is 0 Å². The zero-order valence-corrected chi connectivity index (χ0v) is 14.3. The minimum absolute atomic E-state index is 0.0419. The van der Waals surface area contributed by atoms with Gasteiger partial charge < -0.3 is 24.8 Å². The zero-order chi connectivity index (χ0) is 21.1. The van der Waals surface area contributed by atoms with Gasteiger partial charge in [0.15, 0.2) is 5.60 Å². The van der Waals surface area contributed by atoms with Crippen LogP contribution in [0.4, 0.5) is 13.2 Å². The first kappa shape index (κ1) is 21.6. The van der Waals surface area contributed by atoms with Crippen LogP contribution in [0.3, 0.4) is 0 Å². The molecule has 1 fully saturated rings. The van der Waals surface area contributed by atoms with E-state index in [0.717, 1.165) is 0 Å². The molecule has 154 valence electrons. The fraction of sp³-hybridized carbons (Fsp3) is 0.471. The summed E-state index contributed by atoms with van der Waals surface area (Å²) in [6.45, 7) is -1.05. The zero-order valence-electron chi connectivity index (χ0n) is 14.3. The average molecular weight is 406 g/mol. The molecule has 2 rings (SSSR count). The van der Waals surface area contributed by atoms with Crippen molar-refractivity contribution >= 4 is 17.9 Å². The molecule has 0 bridgehead atoms. The van der Waals surface area contributed by atoms with E-state index in [1.165, 1.54) is 24.3 Å². The molecule has 0 aromatic heterocycles. The van der Waals surface area contributed by atoms with Gasteiger partial charge in [0.1, 0.15) is 12.7 Å². The molecule has 1 aliphatic heterocycles. The number of benzene rings is 1. The van der Waals surface area contributed by atoms with Crippen molar-refractivity contribution in [2.24, 2.45) is 5.92 Å². The normalized spacial score (nSPS) is 27.4. The Morgan fingerprint density at radius 1 is 1.07 bits per heavy atom. The standard InChI is InChI=1S/C17H17F3O8/c18-17(19,20)16(26)10(6-13(21)22)11(7-14(23)24)28-12(16)8-27-15(25)9-4-2-1-3-5-9/h1-5,10-12,26H,6-8H2,(H,21,22)(H,23,24)/t10-,11?,12-,16-/m1/s1. The van der Waals surface area contributed by atoms with Gasteiger partial charge in [-0.05, 0) is 12.1 Å². The first-order valence-corrected chi connectivity index (χ1v) is 8.07. The van der Waals surface area contributed by atoms with Crippen LogP contribution in [-0.4, -0.2) is 63.8 Å². The van der Waals surface area contributed by atoms with Crippen molar-refractivity contribution in [3.8, 4) is 0 Å². The van der Waals surface area contributed by atoms with Crippen molar-refractivity contribution in [1.82, 2.24) is 0 Å². The lowest BCUT2D eigenvalue weighted by Gasteiger charge is -2.34. The van der Waals surface area contributed by atoms with Gasteiger partial charge in [0.2, 0.25) is 0 Å². The monoisotopic (exact) mass is 406 g/mol. The van der Waals surface area contributed by atoms with E-state index in [1.54, 1.807) is 6.07 Å². The Morgan fingerprint density at radius 3 is 2.14 bits per heavy atom. The fourth-order valence-corrected chi connectivity index (χ4v) is 3.14. The topological polar surface area (TPSA) is 130 Å². The van der Waals surface area contributed by atoms with Crippen molar-refractivity contribution in [2.45, 2.75) is 36.8 Å². The highest BCUT2D eigenvalue weighted by molar-refractivity contribution is 5.89. The van der Waals surface area contributed by atoms with Crippen LogP contribution < -0.4 is 0 Å². The van der Waals surface area contributed by atoms with Gasteiger partial charge in [0, 0.05) is 5.92 Å². The van der Waals surface area contributed by atoms with Crippen molar-refractivity contribution in [1.29, 1.82) is 0 Å². The lowest BCUT2D eigenvalue weighted by molar-refractivity contribution is -0.289. The van der Waals surface area contributed by atoms with Crippen LogP contribution in [0.25, 0.3) is 0 Å². The molecule has 1 unspecified atom stereocenters. The molecule has 4 atom stereocenters. The van der Waals surface area contributed by atoms with Gasteiger partial charge in [-0.15, -0.1) is 0 Å². The van der Waals surface area contributed by atoms with Gasteiger partial charge in [-0.2, -0.15) is 13.2 Å². The molecular formula is C17H17F3O8. The number of alkyl halides is 3.